The van der Waals surface area contributed by atoms with E-state index in [1.807, 2.05) is 12.1 Å². The fourth-order valence-corrected chi connectivity index (χ4v) is 4.18. The molecular weight excluding hydrogens is 437 g/mol. The van der Waals surface area contributed by atoms with Crippen LogP contribution in [0, 0.1) is 22.6 Å². The molecule has 34 heavy (non-hydrogen) atoms. The molecule has 8 nitrogen and oxygen atoms in total. The lowest BCUT2D eigenvalue weighted by Gasteiger charge is -2.35. The van der Waals surface area contributed by atoms with Crippen molar-refractivity contribution < 1.29 is 14.0 Å². The van der Waals surface area contributed by atoms with Crippen LogP contribution in [0.2, 0.25) is 0 Å². The van der Waals surface area contributed by atoms with E-state index in [4.69, 9.17) is 5.73 Å². The normalized spacial score (nSPS) is 14.1. The van der Waals surface area contributed by atoms with Gasteiger partial charge in [0.25, 0.3) is 0 Å². The van der Waals surface area contributed by atoms with E-state index in [1.165, 1.54) is 22.9 Å². The summed E-state index contributed by atoms with van der Waals surface area (Å²) in [6, 6.07) is 11.9. The molecule has 3 rings (SSSR count). The van der Waals surface area contributed by atoms with Gasteiger partial charge in [-0.05, 0) is 41.2 Å². The average molecular weight is 470 g/mol. The van der Waals surface area contributed by atoms with Crippen LogP contribution in [0.1, 0.15) is 31.7 Å². The van der Waals surface area contributed by atoms with Crippen molar-refractivity contribution in [2.45, 2.75) is 32.7 Å². The number of nitrogens with two attached hydrogens (primary N) is 1. The number of nitrogens with zero attached hydrogens (tertiary/aromatic N) is 3. The van der Waals surface area contributed by atoms with Gasteiger partial charge < -0.3 is 16.0 Å². The molecule has 2 aromatic rings. The molecule has 0 aromatic heterocycles. The van der Waals surface area contributed by atoms with Gasteiger partial charge in [0, 0.05) is 39.2 Å². The summed E-state index contributed by atoms with van der Waals surface area (Å²) in [4.78, 5) is 36.1. The van der Waals surface area contributed by atoms with E-state index in [0.29, 0.717) is 42.4 Å². The number of amides is 2. The van der Waals surface area contributed by atoms with Crippen molar-refractivity contribution in [3.8, 4) is 11.1 Å². The van der Waals surface area contributed by atoms with Crippen molar-refractivity contribution in [3.63, 3.8) is 0 Å². The smallest absolute Gasteiger partial charge is 0.236 e. The van der Waals surface area contributed by atoms with Gasteiger partial charge in [0.15, 0.2) is 0 Å². The standard InChI is InChI=1S/C25H32FN5O3/c1-17(32)28-14-21(19-4-3-5-19)16-31(29-34)22-10-11-23(24(26)12-22)20-8-6-18(7-9-20)15-30(2)25(33)13-27/h6-12,19,21H,3-5,13-16,27H2,1-2H3,(H,28,32). The quantitative estimate of drug-likeness (QED) is 0.387. The number of likely N-dealkylation sites (N-methyl/N-ethyl adjacent to an activating group) is 1. The molecule has 0 heterocycles. The molecule has 0 spiro atoms. The van der Waals surface area contributed by atoms with E-state index in [2.05, 4.69) is 10.6 Å². The van der Waals surface area contributed by atoms with Gasteiger partial charge in [-0.2, -0.15) is 0 Å². The highest BCUT2D eigenvalue weighted by Crippen LogP contribution is 2.35. The van der Waals surface area contributed by atoms with Crippen LogP contribution in [-0.4, -0.2) is 43.4 Å². The van der Waals surface area contributed by atoms with Gasteiger partial charge in [-0.1, -0.05) is 43.5 Å². The molecule has 1 aliphatic rings. The Kier molecular flexibility index (Phi) is 8.70. The van der Waals surface area contributed by atoms with Crippen LogP contribution in [0.3, 0.4) is 0 Å². The van der Waals surface area contributed by atoms with Crippen LogP contribution in [0.4, 0.5) is 10.1 Å². The average Bonchev–Trinajstić information content (AvgIpc) is 2.79. The molecule has 2 aromatic carbocycles. The predicted molar refractivity (Wildman–Crippen MR) is 130 cm³/mol. The Labute approximate surface area is 199 Å². The number of nitrogens with one attached hydrogen (secondary N) is 1. The zero-order valence-corrected chi connectivity index (χ0v) is 19.7. The van der Waals surface area contributed by atoms with Crippen LogP contribution in [0.25, 0.3) is 11.1 Å². The minimum atomic E-state index is -0.462. The summed E-state index contributed by atoms with van der Waals surface area (Å²) in [6.45, 7) is 2.61. The van der Waals surface area contributed by atoms with Crippen molar-refractivity contribution in [1.82, 2.24) is 10.2 Å². The second-order valence-corrected chi connectivity index (χ2v) is 8.87. The molecule has 1 aliphatic carbocycles. The highest BCUT2D eigenvalue weighted by atomic mass is 19.1. The van der Waals surface area contributed by atoms with Crippen LogP contribution in [-0.2, 0) is 16.1 Å². The number of halogens is 1. The third kappa shape index (κ3) is 6.38. The van der Waals surface area contributed by atoms with Crippen molar-refractivity contribution in [2.24, 2.45) is 22.9 Å². The molecular formula is C25H32FN5O3. The van der Waals surface area contributed by atoms with E-state index in [-0.39, 0.29) is 24.3 Å². The molecule has 3 N–H and O–H groups in total. The second-order valence-electron chi connectivity index (χ2n) is 8.87. The first kappa shape index (κ1) is 25.3. The van der Waals surface area contributed by atoms with Crippen LogP contribution in [0.15, 0.2) is 47.8 Å². The predicted octanol–water partition coefficient (Wildman–Crippen LogP) is 3.45. The fourth-order valence-electron chi connectivity index (χ4n) is 4.18. The Morgan fingerprint density at radius 1 is 1.21 bits per heavy atom. The summed E-state index contributed by atoms with van der Waals surface area (Å²) in [7, 11) is 1.68. The second kappa shape index (κ2) is 11.7. The molecule has 182 valence electrons. The summed E-state index contributed by atoms with van der Waals surface area (Å²) < 4.78 is 15.0. The molecule has 1 saturated carbocycles. The van der Waals surface area contributed by atoms with Gasteiger partial charge in [0.2, 0.25) is 11.8 Å². The van der Waals surface area contributed by atoms with Crippen molar-refractivity contribution in [3.05, 3.63) is 58.8 Å². The van der Waals surface area contributed by atoms with E-state index in [1.54, 1.807) is 31.3 Å². The Balaban J connectivity index is 1.72. The Hall–Kier alpha value is -3.33. The summed E-state index contributed by atoms with van der Waals surface area (Å²) >= 11 is 0. The Morgan fingerprint density at radius 2 is 1.91 bits per heavy atom. The topological polar surface area (TPSA) is 108 Å². The number of benzene rings is 2. The first-order valence-electron chi connectivity index (χ1n) is 11.5. The zero-order valence-electron chi connectivity index (χ0n) is 19.7. The summed E-state index contributed by atoms with van der Waals surface area (Å²) in [5.41, 5.74) is 7.76. The molecule has 1 unspecified atom stereocenters. The summed E-state index contributed by atoms with van der Waals surface area (Å²) in [6.07, 6.45) is 3.24. The summed E-state index contributed by atoms with van der Waals surface area (Å²) in [5.74, 6) is -0.256. The number of nitroso groups, excluding NO2 is 1. The third-order valence-electron chi connectivity index (χ3n) is 6.47. The Bertz CT molecular complexity index is 1010. The molecule has 0 radical (unpaired) electrons. The van der Waals surface area contributed by atoms with Crippen molar-refractivity contribution >= 4 is 17.5 Å². The van der Waals surface area contributed by atoms with Crippen LogP contribution >= 0.6 is 0 Å². The van der Waals surface area contributed by atoms with E-state index >= 15 is 4.39 Å². The highest BCUT2D eigenvalue weighted by Gasteiger charge is 2.29. The lowest BCUT2D eigenvalue weighted by molar-refractivity contribution is -0.128. The molecule has 9 heteroatoms. The number of rotatable bonds is 11. The Morgan fingerprint density at radius 3 is 2.44 bits per heavy atom. The maximum atomic E-state index is 15.0. The number of hydrogen-bond acceptors (Lipinski definition) is 5. The van der Waals surface area contributed by atoms with E-state index < -0.39 is 5.82 Å². The van der Waals surface area contributed by atoms with Gasteiger partial charge in [0.05, 0.1) is 17.5 Å². The fraction of sp³-hybridized carbons (Fsp3) is 0.440. The van der Waals surface area contributed by atoms with Gasteiger partial charge in [0.1, 0.15) is 5.82 Å². The molecule has 2 amide bonds. The highest BCUT2D eigenvalue weighted by molar-refractivity contribution is 5.77. The largest absolute Gasteiger partial charge is 0.356 e. The first-order chi connectivity index (χ1) is 16.3. The zero-order chi connectivity index (χ0) is 24.7. The molecule has 1 atom stereocenters. The first-order valence-corrected chi connectivity index (χ1v) is 11.5. The lowest BCUT2D eigenvalue weighted by Crippen LogP contribution is -2.40. The van der Waals surface area contributed by atoms with Gasteiger partial charge >= 0.3 is 0 Å². The van der Waals surface area contributed by atoms with E-state index in [9.17, 15) is 14.5 Å². The monoisotopic (exact) mass is 469 g/mol. The van der Waals surface area contributed by atoms with Crippen molar-refractivity contribution in [1.29, 1.82) is 0 Å². The number of carbonyl (C=O) groups excluding carboxylic acids is 2. The van der Waals surface area contributed by atoms with Gasteiger partial charge in [-0.25, -0.2) is 9.40 Å². The minimum Gasteiger partial charge on any atom is -0.356 e. The number of anilines is 1. The van der Waals surface area contributed by atoms with Gasteiger partial charge in [-0.15, -0.1) is 4.91 Å². The SMILES string of the molecule is CC(=O)NCC(CN(N=O)c1ccc(-c2ccc(CN(C)C(=O)CN)cc2)c(F)c1)C1CCC1. The minimum absolute atomic E-state index is 0.0482. The molecule has 0 saturated heterocycles. The summed E-state index contributed by atoms with van der Waals surface area (Å²) in [5, 5.41) is 7.23. The molecule has 1 fully saturated rings. The maximum absolute atomic E-state index is 15.0. The molecule has 0 aliphatic heterocycles. The molecule has 0 bridgehead atoms. The number of carbonyl (C=O) groups is 2. The van der Waals surface area contributed by atoms with E-state index in [0.717, 1.165) is 24.8 Å². The number of hydrogen-bond donors (Lipinski definition) is 2. The van der Waals surface area contributed by atoms with Crippen molar-refractivity contribution in [2.75, 3.05) is 31.7 Å². The lowest BCUT2D eigenvalue weighted by atomic mass is 9.75. The maximum Gasteiger partial charge on any atom is 0.236 e. The van der Waals surface area contributed by atoms with Crippen LogP contribution < -0.4 is 16.1 Å². The third-order valence-corrected chi connectivity index (χ3v) is 6.47. The van der Waals surface area contributed by atoms with Crippen LogP contribution in [0.5, 0.6) is 0 Å². The van der Waals surface area contributed by atoms with Gasteiger partial charge in [-0.3, -0.25) is 9.59 Å².